The topological polar surface area (TPSA) is 76.5 Å². The minimum Gasteiger partial charge on any atom is -0.309 e. The Bertz CT molecular complexity index is 1270. The van der Waals surface area contributed by atoms with Gasteiger partial charge in [-0.3, -0.25) is 9.36 Å². The zero-order chi connectivity index (χ0) is 21.5. The van der Waals surface area contributed by atoms with Crippen molar-refractivity contribution in [3.05, 3.63) is 44.1 Å². The molecule has 1 aliphatic rings. The molecule has 5 rings (SSSR count). The molecule has 1 atom stereocenters. The Kier molecular flexibility index (Phi) is 5.75. The fourth-order valence-electron chi connectivity index (χ4n) is 3.77. The van der Waals surface area contributed by atoms with Gasteiger partial charge in [0.2, 0.25) is 0 Å². The average Bonchev–Trinajstić information content (AvgIpc) is 3.14. The lowest BCUT2D eigenvalue weighted by molar-refractivity contribution is 0.561. The molecule has 0 saturated heterocycles. The summed E-state index contributed by atoms with van der Waals surface area (Å²) in [6.45, 7) is 6.52. The monoisotopic (exact) mass is 471 g/mol. The van der Waals surface area contributed by atoms with Gasteiger partial charge >= 0.3 is 0 Å². The van der Waals surface area contributed by atoms with Crippen molar-refractivity contribution in [2.24, 2.45) is 5.92 Å². The largest absolute Gasteiger partial charge is 0.309 e. The number of nitrogens with zero attached hydrogens (tertiary/aromatic N) is 4. The molecule has 0 aromatic carbocycles. The second kappa shape index (κ2) is 8.52. The maximum Gasteiger partial charge on any atom is 0.259 e. The number of aryl methyl sites for hydroxylation is 1. The molecule has 4 heterocycles. The van der Waals surface area contributed by atoms with Gasteiger partial charge in [0.15, 0.2) is 11.0 Å². The number of fused-ring (bicyclic) bond motifs is 1. The minimum absolute atomic E-state index is 0.0220. The van der Waals surface area contributed by atoms with E-state index in [0.29, 0.717) is 23.5 Å². The molecule has 0 spiro atoms. The van der Waals surface area contributed by atoms with Crippen LogP contribution in [-0.2, 0) is 12.2 Å². The maximum atomic E-state index is 12.9. The standard InChI is InChI=1S/C22H25N5OS3/c1-4-12(2)10-15-13(3)31-21-18(15)20(28)23-17(24-21)11-30-22-26-25-19(16-6-5-9-29-16)27(22)14-7-8-14/h5-6,9,12,14H,4,7-8,10-11H2,1-3H3,(H,23,24,28)/t12-/m1/s1. The molecule has 162 valence electrons. The fourth-order valence-corrected chi connectivity index (χ4v) is 6.42. The van der Waals surface area contributed by atoms with Crippen molar-refractivity contribution in [1.29, 1.82) is 0 Å². The van der Waals surface area contributed by atoms with Gasteiger partial charge < -0.3 is 4.98 Å². The van der Waals surface area contributed by atoms with E-state index in [0.717, 1.165) is 44.5 Å². The lowest BCUT2D eigenvalue weighted by atomic mass is 9.98. The van der Waals surface area contributed by atoms with E-state index in [4.69, 9.17) is 4.98 Å². The molecule has 1 fully saturated rings. The van der Waals surface area contributed by atoms with Crippen molar-refractivity contribution < 1.29 is 0 Å². The first-order chi connectivity index (χ1) is 15.0. The lowest BCUT2D eigenvalue weighted by Gasteiger charge is -2.08. The Labute approximate surface area is 193 Å². The Balaban J connectivity index is 1.42. The molecule has 1 N–H and O–H groups in total. The predicted molar refractivity (Wildman–Crippen MR) is 129 cm³/mol. The Morgan fingerprint density at radius 2 is 2.19 bits per heavy atom. The van der Waals surface area contributed by atoms with E-state index in [1.54, 1.807) is 34.4 Å². The summed E-state index contributed by atoms with van der Waals surface area (Å²) < 4.78 is 2.26. The Hall–Kier alpha value is -1.97. The van der Waals surface area contributed by atoms with E-state index in [-0.39, 0.29) is 5.56 Å². The van der Waals surface area contributed by atoms with Gasteiger partial charge in [-0.1, -0.05) is 38.1 Å². The quantitative estimate of drug-likeness (QED) is 0.327. The SMILES string of the molecule is CC[C@@H](C)Cc1c(C)sc2nc(CSc3nnc(-c4cccs4)n3C3CC3)[nH]c(=O)c12. The normalized spacial score (nSPS) is 15.1. The van der Waals surface area contributed by atoms with Crippen LogP contribution < -0.4 is 5.56 Å². The van der Waals surface area contributed by atoms with Gasteiger partial charge in [0, 0.05) is 10.9 Å². The van der Waals surface area contributed by atoms with Gasteiger partial charge in [0.05, 0.1) is 16.0 Å². The third-order valence-electron chi connectivity index (χ3n) is 5.82. The van der Waals surface area contributed by atoms with Crippen LogP contribution in [0, 0.1) is 12.8 Å². The molecule has 0 amide bonds. The zero-order valence-electron chi connectivity index (χ0n) is 17.8. The zero-order valence-corrected chi connectivity index (χ0v) is 20.3. The molecule has 0 bridgehead atoms. The first kappa shape index (κ1) is 20.9. The van der Waals surface area contributed by atoms with Gasteiger partial charge in [-0.2, -0.15) is 0 Å². The summed E-state index contributed by atoms with van der Waals surface area (Å²) in [7, 11) is 0. The third kappa shape index (κ3) is 4.10. The van der Waals surface area contributed by atoms with Crippen LogP contribution in [-0.4, -0.2) is 24.7 Å². The first-order valence-corrected chi connectivity index (χ1v) is 13.4. The predicted octanol–water partition coefficient (Wildman–Crippen LogP) is 5.83. The van der Waals surface area contributed by atoms with Crippen molar-refractivity contribution in [3.63, 3.8) is 0 Å². The number of hydrogen-bond donors (Lipinski definition) is 1. The lowest BCUT2D eigenvalue weighted by Crippen LogP contribution is -2.12. The Morgan fingerprint density at radius 1 is 1.35 bits per heavy atom. The van der Waals surface area contributed by atoms with Gasteiger partial charge in [-0.05, 0) is 49.1 Å². The van der Waals surface area contributed by atoms with Crippen LogP contribution >= 0.6 is 34.4 Å². The maximum absolute atomic E-state index is 12.9. The number of H-pyrrole nitrogens is 1. The minimum atomic E-state index is -0.0220. The van der Waals surface area contributed by atoms with Crippen molar-refractivity contribution in [2.45, 2.75) is 63.4 Å². The molecule has 6 nitrogen and oxygen atoms in total. The summed E-state index contributed by atoms with van der Waals surface area (Å²) in [5, 5.41) is 12.7. The second-order valence-electron chi connectivity index (χ2n) is 8.22. The number of thiophene rings is 2. The molecule has 4 aromatic heterocycles. The fraction of sp³-hybridized carbons (Fsp3) is 0.455. The molecule has 1 aliphatic carbocycles. The van der Waals surface area contributed by atoms with E-state index >= 15 is 0 Å². The van der Waals surface area contributed by atoms with Crippen molar-refractivity contribution in [1.82, 2.24) is 24.7 Å². The average molecular weight is 472 g/mol. The molecule has 1 saturated carbocycles. The van der Waals surface area contributed by atoms with Gasteiger partial charge in [0.25, 0.3) is 5.56 Å². The highest BCUT2D eigenvalue weighted by atomic mass is 32.2. The number of nitrogens with one attached hydrogen (secondary N) is 1. The summed E-state index contributed by atoms with van der Waals surface area (Å²) >= 11 is 4.91. The van der Waals surface area contributed by atoms with Crippen LogP contribution in [0.3, 0.4) is 0 Å². The molecule has 31 heavy (non-hydrogen) atoms. The van der Waals surface area contributed by atoms with E-state index in [1.165, 1.54) is 17.7 Å². The molecule has 9 heteroatoms. The molecular formula is C22H25N5OS3. The smallest absolute Gasteiger partial charge is 0.259 e. The van der Waals surface area contributed by atoms with Crippen molar-refractivity contribution in [2.75, 3.05) is 0 Å². The summed E-state index contributed by atoms with van der Waals surface area (Å²) in [4.78, 5) is 23.9. The van der Waals surface area contributed by atoms with Gasteiger partial charge in [-0.25, -0.2) is 4.98 Å². The summed E-state index contributed by atoms with van der Waals surface area (Å²) in [6, 6.07) is 4.61. The second-order valence-corrected chi connectivity index (χ2v) is 11.3. The third-order valence-corrected chi connectivity index (χ3v) is 8.68. The van der Waals surface area contributed by atoms with Crippen LogP contribution in [0.4, 0.5) is 0 Å². The van der Waals surface area contributed by atoms with E-state index in [1.807, 2.05) is 6.07 Å². The summed E-state index contributed by atoms with van der Waals surface area (Å²) in [6.07, 6.45) is 4.36. The van der Waals surface area contributed by atoms with Crippen molar-refractivity contribution >= 4 is 44.7 Å². The van der Waals surface area contributed by atoms with Gasteiger partial charge in [-0.15, -0.1) is 32.9 Å². The molecular weight excluding hydrogens is 446 g/mol. The Morgan fingerprint density at radius 3 is 2.90 bits per heavy atom. The molecule has 0 radical (unpaired) electrons. The van der Waals surface area contributed by atoms with E-state index < -0.39 is 0 Å². The highest BCUT2D eigenvalue weighted by molar-refractivity contribution is 7.98. The first-order valence-electron chi connectivity index (χ1n) is 10.7. The van der Waals surface area contributed by atoms with Crippen LogP contribution in [0.15, 0.2) is 27.5 Å². The highest BCUT2D eigenvalue weighted by Gasteiger charge is 2.30. The van der Waals surface area contributed by atoms with Crippen LogP contribution in [0.25, 0.3) is 20.9 Å². The van der Waals surface area contributed by atoms with Crippen LogP contribution in [0.1, 0.15) is 55.4 Å². The number of aromatic nitrogens is 5. The molecule has 0 aliphatic heterocycles. The number of hydrogen-bond acceptors (Lipinski definition) is 7. The number of thioether (sulfide) groups is 1. The summed E-state index contributed by atoms with van der Waals surface area (Å²) in [5.41, 5.74) is 1.14. The molecule has 4 aromatic rings. The van der Waals surface area contributed by atoms with Gasteiger partial charge in [0.1, 0.15) is 10.7 Å². The van der Waals surface area contributed by atoms with E-state index in [9.17, 15) is 4.79 Å². The highest BCUT2D eigenvalue weighted by Crippen LogP contribution is 2.42. The summed E-state index contributed by atoms with van der Waals surface area (Å²) in [5.74, 6) is 2.76. The molecule has 0 unspecified atom stereocenters. The van der Waals surface area contributed by atoms with E-state index in [2.05, 4.69) is 52.0 Å². The number of rotatable bonds is 8. The van der Waals surface area contributed by atoms with Crippen LogP contribution in [0.5, 0.6) is 0 Å². The van der Waals surface area contributed by atoms with Crippen LogP contribution in [0.2, 0.25) is 0 Å². The van der Waals surface area contributed by atoms with Crippen molar-refractivity contribution in [3.8, 4) is 10.7 Å². The number of aromatic amines is 1.